The van der Waals surface area contributed by atoms with E-state index in [0.29, 0.717) is 0 Å². The third-order valence-corrected chi connectivity index (χ3v) is 4.99. The second-order valence-electron chi connectivity index (χ2n) is 6.21. The molecule has 8 heteroatoms. The van der Waals surface area contributed by atoms with Crippen molar-refractivity contribution in [2.75, 3.05) is 12.0 Å². The Labute approximate surface area is 165 Å². The number of anilines is 1. The van der Waals surface area contributed by atoms with Gasteiger partial charge in [-0.3, -0.25) is 9.98 Å². The second kappa shape index (κ2) is 10.3. The largest absolute Gasteiger partial charge is 0.372 e. The molecule has 2 aromatic rings. The predicted octanol–water partition coefficient (Wildman–Crippen LogP) is 4.47. The fourth-order valence-corrected chi connectivity index (χ4v) is 3.08. The van der Waals surface area contributed by atoms with E-state index >= 15 is 0 Å². The lowest BCUT2D eigenvalue weighted by Crippen LogP contribution is -2.23. The lowest BCUT2D eigenvalue weighted by atomic mass is 10.2. The molecule has 0 aromatic heterocycles. The summed E-state index contributed by atoms with van der Waals surface area (Å²) in [6.45, 7) is 2.86. The number of rotatable bonds is 3. The molecule has 0 amide bonds. The zero-order valence-corrected chi connectivity index (χ0v) is 16.7. The summed E-state index contributed by atoms with van der Waals surface area (Å²) in [5, 5.41) is 8.39. The van der Waals surface area contributed by atoms with Gasteiger partial charge in [-0.25, -0.2) is 0 Å². The topological polar surface area (TPSA) is 90.8 Å². The van der Waals surface area contributed by atoms with Crippen LogP contribution in [0.15, 0.2) is 58.5 Å². The van der Waals surface area contributed by atoms with Crippen LogP contribution in [0.2, 0.25) is 5.02 Å². The van der Waals surface area contributed by atoms with Crippen molar-refractivity contribution < 1.29 is 13.0 Å². The molecule has 1 aliphatic heterocycles. The molecule has 27 heavy (non-hydrogen) atoms. The van der Waals surface area contributed by atoms with Gasteiger partial charge in [0.2, 0.25) is 0 Å². The minimum Gasteiger partial charge on any atom is -0.372 e. The quantitative estimate of drug-likeness (QED) is 0.514. The molecule has 0 saturated carbocycles. The van der Waals surface area contributed by atoms with E-state index in [1.165, 1.54) is 31.4 Å². The third kappa shape index (κ3) is 7.99. The molecule has 0 radical (unpaired) electrons. The zero-order chi connectivity index (χ0) is 19.7. The maximum atomic E-state index is 10.5. The van der Waals surface area contributed by atoms with E-state index < -0.39 is 10.1 Å². The van der Waals surface area contributed by atoms with Crippen molar-refractivity contribution in [3.05, 3.63) is 59.1 Å². The Morgan fingerprint density at radius 2 is 1.85 bits per heavy atom. The molecule has 0 unspecified atom stereocenters. The predicted molar refractivity (Wildman–Crippen MR) is 110 cm³/mol. The molecule has 1 aliphatic rings. The van der Waals surface area contributed by atoms with Crippen molar-refractivity contribution in [1.82, 2.24) is 5.32 Å². The molecule has 1 heterocycles. The average molecular weight is 410 g/mol. The Morgan fingerprint density at radius 3 is 2.52 bits per heavy atom. The molecular formula is C19H24ClN3O3S. The number of nitrogens with zero attached hydrogens (tertiary/aromatic N) is 1. The monoisotopic (exact) mass is 409 g/mol. The van der Waals surface area contributed by atoms with Crippen LogP contribution in [0.4, 0.5) is 5.69 Å². The molecule has 2 aromatic carbocycles. The smallest absolute Gasteiger partial charge is 0.294 e. The molecule has 0 aliphatic carbocycles. The number of hydrazone groups is 1. The van der Waals surface area contributed by atoms with Crippen LogP contribution in [0.25, 0.3) is 0 Å². The number of amidine groups is 1. The second-order valence-corrected chi connectivity index (χ2v) is 8.06. The maximum absolute atomic E-state index is 10.5. The van der Waals surface area contributed by atoms with Crippen molar-refractivity contribution in [3.8, 4) is 0 Å². The van der Waals surface area contributed by atoms with Crippen LogP contribution in [-0.4, -0.2) is 25.4 Å². The van der Waals surface area contributed by atoms with Crippen LogP contribution in [-0.2, 0) is 10.1 Å². The van der Waals surface area contributed by atoms with E-state index in [1.807, 2.05) is 31.2 Å². The van der Waals surface area contributed by atoms with Crippen molar-refractivity contribution >= 4 is 33.2 Å². The lowest BCUT2D eigenvalue weighted by molar-refractivity contribution is 0.483. The summed E-state index contributed by atoms with van der Waals surface area (Å²) in [6, 6.07) is 13.6. The van der Waals surface area contributed by atoms with Crippen molar-refractivity contribution in [2.45, 2.75) is 37.5 Å². The van der Waals surface area contributed by atoms with E-state index in [0.717, 1.165) is 35.1 Å². The van der Waals surface area contributed by atoms with Gasteiger partial charge >= 0.3 is 0 Å². The van der Waals surface area contributed by atoms with Crippen LogP contribution >= 0.6 is 11.6 Å². The highest BCUT2D eigenvalue weighted by atomic mass is 35.5. The average Bonchev–Trinajstić information content (AvgIpc) is 2.89. The third-order valence-electron chi connectivity index (χ3n) is 3.88. The molecule has 0 spiro atoms. The van der Waals surface area contributed by atoms with Crippen molar-refractivity contribution in [1.29, 1.82) is 0 Å². The minimum atomic E-state index is -4.02. The molecule has 1 fully saturated rings. The summed E-state index contributed by atoms with van der Waals surface area (Å²) < 4.78 is 29.6. The SMILES string of the molecule is Cc1ccc(S(=O)(=O)O)cc1.Clc1cccc(NN=C2CCCCCN2)c1. The molecule has 146 valence electrons. The van der Waals surface area contributed by atoms with Gasteiger partial charge in [-0.1, -0.05) is 41.8 Å². The number of hydrogen-bond acceptors (Lipinski definition) is 4. The number of nitrogens with one attached hydrogen (secondary N) is 2. The minimum absolute atomic E-state index is 0.0666. The van der Waals surface area contributed by atoms with Gasteiger partial charge in [0.1, 0.15) is 5.84 Å². The molecule has 1 saturated heterocycles. The lowest BCUT2D eigenvalue weighted by Gasteiger charge is -2.06. The number of halogens is 1. The van der Waals surface area contributed by atoms with Crippen LogP contribution in [0.5, 0.6) is 0 Å². The zero-order valence-electron chi connectivity index (χ0n) is 15.2. The van der Waals surface area contributed by atoms with E-state index in [-0.39, 0.29) is 4.90 Å². The highest BCUT2D eigenvalue weighted by Gasteiger charge is 2.07. The van der Waals surface area contributed by atoms with E-state index in [4.69, 9.17) is 16.2 Å². The first kappa shape index (κ1) is 21.2. The van der Waals surface area contributed by atoms with Crippen LogP contribution < -0.4 is 10.7 Å². The van der Waals surface area contributed by atoms with E-state index in [1.54, 1.807) is 12.1 Å². The summed E-state index contributed by atoms with van der Waals surface area (Å²) >= 11 is 5.89. The summed E-state index contributed by atoms with van der Waals surface area (Å²) in [6.07, 6.45) is 4.75. The summed E-state index contributed by atoms with van der Waals surface area (Å²) in [7, 11) is -4.02. The van der Waals surface area contributed by atoms with Gasteiger partial charge < -0.3 is 5.32 Å². The van der Waals surface area contributed by atoms with Crippen molar-refractivity contribution in [3.63, 3.8) is 0 Å². The van der Waals surface area contributed by atoms with Gasteiger partial charge in [0.15, 0.2) is 0 Å². The van der Waals surface area contributed by atoms with Crippen LogP contribution in [0.3, 0.4) is 0 Å². The molecule has 0 bridgehead atoms. The maximum Gasteiger partial charge on any atom is 0.294 e. The highest BCUT2D eigenvalue weighted by Crippen LogP contribution is 2.15. The van der Waals surface area contributed by atoms with Crippen LogP contribution in [0.1, 0.15) is 31.2 Å². The van der Waals surface area contributed by atoms with E-state index in [9.17, 15) is 8.42 Å². The van der Waals surface area contributed by atoms with Gasteiger partial charge in [-0.2, -0.15) is 13.5 Å². The molecule has 6 nitrogen and oxygen atoms in total. The molecular weight excluding hydrogens is 386 g/mol. The van der Waals surface area contributed by atoms with Crippen molar-refractivity contribution in [2.24, 2.45) is 5.10 Å². The van der Waals surface area contributed by atoms with Crippen LogP contribution in [0, 0.1) is 6.92 Å². The summed E-state index contributed by atoms with van der Waals surface area (Å²) in [4.78, 5) is -0.0666. The molecule has 3 rings (SSSR count). The first-order valence-electron chi connectivity index (χ1n) is 8.71. The summed E-state index contributed by atoms with van der Waals surface area (Å²) in [5.41, 5.74) is 4.90. The number of benzene rings is 2. The standard InChI is InChI=1S/C12H16ClN3.C7H8O3S/c13-10-5-4-6-11(9-10)15-16-12-7-2-1-3-8-14-12;1-6-2-4-7(5-3-6)11(8,9)10/h4-6,9,15H,1-3,7-8H2,(H,14,16);2-5H,1H3,(H,8,9,10). The Balaban J connectivity index is 0.000000208. The Kier molecular flexibility index (Phi) is 8.09. The van der Waals surface area contributed by atoms with Gasteiger partial charge in [-0.05, 0) is 50.1 Å². The first-order chi connectivity index (χ1) is 12.8. The normalized spacial score (nSPS) is 15.9. The number of aryl methyl sites for hydroxylation is 1. The summed E-state index contributed by atoms with van der Waals surface area (Å²) in [5.74, 6) is 1.04. The fourth-order valence-electron chi connectivity index (χ4n) is 2.41. The Morgan fingerprint density at radius 1 is 1.11 bits per heavy atom. The fraction of sp³-hybridized carbons (Fsp3) is 0.316. The Bertz CT molecular complexity index is 858. The van der Waals surface area contributed by atoms with Gasteiger partial charge in [0, 0.05) is 18.0 Å². The Hall–Kier alpha value is -2.09. The molecule has 0 atom stereocenters. The van der Waals surface area contributed by atoms with E-state index in [2.05, 4.69) is 15.8 Å². The molecule has 3 N–H and O–H groups in total. The van der Waals surface area contributed by atoms with Gasteiger partial charge in [0.05, 0.1) is 10.6 Å². The van der Waals surface area contributed by atoms with Gasteiger partial charge in [0.25, 0.3) is 10.1 Å². The highest BCUT2D eigenvalue weighted by molar-refractivity contribution is 7.85. The van der Waals surface area contributed by atoms with Gasteiger partial charge in [-0.15, -0.1) is 0 Å². The number of hydrogen-bond donors (Lipinski definition) is 3. The first-order valence-corrected chi connectivity index (χ1v) is 10.5.